The second kappa shape index (κ2) is 1.03. The molecule has 0 spiro atoms. The SMILES string of the molecule is c1n[nH]n2nnnc12. The van der Waals surface area contributed by atoms with Crippen molar-refractivity contribution in [3.63, 3.8) is 0 Å². The Labute approximate surface area is 43.5 Å². The summed E-state index contributed by atoms with van der Waals surface area (Å²) in [6, 6.07) is 0. The Morgan fingerprint density at radius 2 is 2.62 bits per heavy atom. The monoisotopic (exact) mass is 110 g/mol. The molecule has 0 aromatic carbocycles. The van der Waals surface area contributed by atoms with Crippen molar-refractivity contribution in [3.8, 4) is 0 Å². The number of aromatic nitrogens is 6. The van der Waals surface area contributed by atoms with Gasteiger partial charge in [-0.25, -0.2) is 0 Å². The van der Waals surface area contributed by atoms with Crippen LogP contribution in [0, 0.1) is 0 Å². The van der Waals surface area contributed by atoms with Crippen LogP contribution in [0.5, 0.6) is 0 Å². The van der Waals surface area contributed by atoms with Gasteiger partial charge < -0.3 is 0 Å². The lowest BCUT2D eigenvalue weighted by Gasteiger charge is -1.67. The Hall–Kier alpha value is -1.46. The van der Waals surface area contributed by atoms with Crippen molar-refractivity contribution in [2.45, 2.75) is 0 Å². The van der Waals surface area contributed by atoms with Crippen molar-refractivity contribution in [2.75, 3.05) is 0 Å². The van der Waals surface area contributed by atoms with Crippen molar-refractivity contribution < 1.29 is 0 Å². The Kier molecular flexibility index (Phi) is 0.454. The highest BCUT2D eigenvalue weighted by Gasteiger charge is 1.92. The molecule has 6 nitrogen and oxygen atoms in total. The first-order valence-corrected chi connectivity index (χ1v) is 2.04. The Bertz CT molecular complexity index is 228. The highest BCUT2D eigenvalue weighted by Crippen LogP contribution is 1.84. The van der Waals surface area contributed by atoms with E-state index in [1.807, 2.05) is 0 Å². The van der Waals surface area contributed by atoms with E-state index in [1.165, 1.54) is 4.63 Å². The molecule has 6 heteroatoms. The number of hydrogen-bond acceptors (Lipinski definition) is 4. The lowest BCUT2D eigenvalue weighted by molar-refractivity contribution is 0.701. The number of H-pyrrole nitrogens is 1. The summed E-state index contributed by atoms with van der Waals surface area (Å²) in [4.78, 5) is 0. The molecule has 8 heavy (non-hydrogen) atoms. The number of nitrogens with one attached hydrogen (secondary N) is 1. The van der Waals surface area contributed by atoms with Crippen molar-refractivity contribution in [3.05, 3.63) is 6.20 Å². The van der Waals surface area contributed by atoms with Crippen LogP contribution in [0.15, 0.2) is 6.20 Å². The van der Waals surface area contributed by atoms with E-state index in [4.69, 9.17) is 0 Å². The third-order valence-electron chi connectivity index (χ3n) is 0.826. The Balaban J connectivity index is 3.06. The van der Waals surface area contributed by atoms with E-state index < -0.39 is 0 Å². The molecule has 0 aliphatic heterocycles. The van der Waals surface area contributed by atoms with Gasteiger partial charge in [-0.2, -0.15) is 10.3 Å². The van der Waals surface area contributed by atoms with Crippen molar-refractivity contribution in [1.82, 2.24) is 30.5 Å². The van der Waals surface area contributed by atoms with Crippen LogP contribution >= 0.6 is 0 Å². The molecule has 0 fully saturated rings. The Morgan fingerprint density at radius 1 is 1.62 bits per heavy atom. The largest absolute Gasteiger partial charge is 0.219 e. The van der Waals surface area contributed by atoms with Gasteiger partial charge in [0.15, 0.2) is 0 Å². The smallest absolute Gasteiger partial charge is 0.194 e. The van der Waals surface area contributed by atoms with Crippen LogP contribution in [0.3, 0.4) is 0 Å². The zero-order chi connectivity index (χ0) is 5.40. The molecule has 2 aromatic heterocycles. The van der Waals surface area contributed by atoms with Gasteiger partial charge in [-0.15, -0.1) is 9.73 Å². The van der Waals surface area contributed by atoms with Crippen molar-refractivity contribution in [1.29, 1.82) is 0 Å². The second-order valence-corrected chi connectivity index (χ2v) is 1.31. The van der Waals surface area contributed by atoms with E-state index in [-0.39, 0.29) is 0 Å². The van der Waals surface area contributed by atoms with Gasteiger partial charge in [0.25, 0.3) is 0 Å². The van der Waals surface area contributed by atoms with Gasteiger partial charge in [-0.3, -0.25) is 0 Å². The van der Waals surface area contributed by atoms with Gasteiger partial charge in [-0.05, 0) is 10.4 Å². The number of nitrogens with zero attached hydrogens (tertiary/aromatic N) is 5. The summed E-state index contributed by atoms with van der Waals surface area (Å²) in [5.41, 5.74) is 0.630. The average Bonchev–Trinajstić information content (AvgIpc) is 2.15. The first kappa shape index (κ1) is 3.53. The molecule has 0 radical (unpaired) electrons. The molecule has 2 aromatic rings. The lowest BCUT2D eigenvalue weighted by atomic mass is 10.9. The van der Waals surface area contributed by atoms with Gasteiger partial charge >= 0.3 is 0 Å². The van der Waals surface area contributed by atoms with E-state index in [9.17, 15) is 0 Å². The molecular weight excluding hydrogens is 108 g/mol. The molecule has 0 aliphatic rings. The summed E-state index contributed by atoms with van der Waals surface area (Å²) in [7, 11) is 0. The number of tetrazole rings is 1. The first-order valence-electron chi connectivity index (χ1n) is 2.04. The van der Waals surface area contributed by atoms with Crippen LogP contribution in [-0.4, -0.2) is 30.5 Å². The quantitative estimate of drug-likeness (QED) is 0.464. The molecule has 1 N–H and O–H groups in total. The molecule has 0 bridgehead atoms. The first-order chi connectivity index (χ1) is 3.97. The molecule has 0 unspecified atom stereocenters. The number of fused-ring (bicyclic) bond motifs is 1. The maximum atomic E-state index is 3.63. The number of aromatic amines is 1. The second-order valence-electron chi connectivity index (χ2n) is 1.31. The van der Waals surface area contributed by atoms with E-state index in [0.717, 1.165) is 0 Å². The lowest BCUT2D eigenvalue weighted by Crippen LogP contribution is -1.85. The maximum Gasteiger partial charge on any atom is 0.219 e. The zero-order valence-electron chi connectivity index (χ0n) is 3.81. The summed E-state index contributed by atoms with van der Waals surface area (Å²) >= 11 is 0. The molecule has 0 atom stereocenters. The van der Waals surface area contributed by atoms with Crippen LogP contribution in [0.25, 0.3) is 5.65 Å². The highest BCUT2D eigenvalue weighted by molar-refractivity contribution is 5.27. The van der Waals surface area contributed by atoms with Crippen LogP contribution in [0.2, 0.25) is 0 Å². The third-order valence-corrected chi connectivity index (χ3v) is 0.826. The van der Waals surface area contributed by atoms with Gasteiger partial charge in [0.05, 0.1) is 6.20 Å². The van der Waals surface area contributed by atoms with Gasteiger partial charge in [0.2, 0.25) is 5.65 Å². The predicted molar refractivity (Wildman–Crippen MR) is 22.9 cm³/mol. The minimum atomic E-state index is 0.630. The molecular formula is C2H2N6. The van der Waals surface area contributed by atoms with E-state index in [2.05, 4.69) is 25.8 Å². The summed E-state index contributed by atoms with van der Waals surface area (Å²) in [5, 5.41) is 16.6. The number of rotatable bonds is 0. The third kappa shape index (κ3) is 0.269. The summed E-state index contributed by atoms with van der Waals surface area (Å²) in [6.07, 6.45) is 1.54. The van der Waals surface area contributed by atoms with Crippen molar-refractivity contribution in [2.24, 2.45) is 0 Å². The molecule has 0 aliphatic carbocycles. The fourth-order valence-electron chi connectivity index (χ4n) is 0.487. The minimum absolute atomic E-state index is 0.630. The molecule has 0 saturated heterocycles. The molecule has 0 amide bonds. The van der Waals surface area contributed by atoms with Crippen LogP contribution < -0.4 is 0 Å². The van der Waals surface area contributed by atoms with Gasteiger partial charge in [0, 0.05) is 0 Å². The average molecular weight is 110 g/mol. The molecule has 2 rings (SSSR count). The van der Waals surface area contributed by atoms with E-state index in [0.29, 0.717) is 5.65 Å². The minimum Gasteiger partial charge on any atom is -0.194 e. The fourth-order valence-corrected chi connectivity index (χ4v) is 0.487. The van der Waals surface area contributed by atoms with Crippen LogP contribution in [-0.2, 0) is 0 Å². The number of hydrogen-bond donors (Lipinski definition) is 1. The van der Waals surface area contributed by atoms with E-state index >= 15 is 0 Å². The van der Waals surface area contributed by atoms with Gasteiger partial charge in [-0.1, -0.05) is 0 Å². The van der Waals surface area contributed by atoms with Crippen molar-refractivity contribution >= 4 is 5.65 Å². The molecule has 0 saturated carbocycles. The molecule has 2 heterocycles. The highest BCUT2D eigenvalue weighted by atomic mass is 15.6. The van der Waals surface area contributed by atoms with Gasteiger partial charge in [0.1, 0.15) is 0 Å². The summed E-state index contributed by atoms with van der Waals surface area (Å²) in [6.45, 7) is 0. The van der Waals surface area contributed by atoms with Crippen LogP contribution in [0.1, 0.15) is 0 Å². The predicted octanol–water partition coefficient (Wildman–Crippen LogP) is -1.15. The normalized spacial score (nSPS) is 10.5. The fraction of sp³-hybridized carbons (Fsp3) is 0. The summed E-state index contributed by atoms with van der Waals surface area (Å²) in [5.74, 6) is 0. The summed E-state index contributed by atoms with van der Waals surface area (Å²) < 4.78 is 1.38. The topological polar surface area (TPSA) is 71.8 Å². The van der Waals surface area contributed by atoms with Crippen LogP contribution in [0.4, 0.5) is 0 Å². The standard InChI is InChI=1S/C2H2N6/c1-2-4-5-7-8(2)6-3-1/h1,6H. The zero-order valence-corrected chi connectivity index (χ0v) is 3.81. The molecule has 40 valence electrons. The van der Waals surface area contributed by atoms with E-state index in [1.54, 1.807) is 6.20 Å². The maximum absolute atomic E-state index is 3.63. The Morgan fingerprint density at radius 3 is 3.50 bits per heavy atom.